The molecule has 70 valence electrons. The third-order valence-electron chi connectivity index (χ3n) is 2.99. The van der Waals surface area contributed by atoms with E-state index >= 15 is 0 Å². The van der Waals surface area contributed by atoms with E-state index in [0.717, 1.165) is 6.42 Å². The van der Waals surface area contributed by atoms with Gasteiger partial charge in [-0.3, -0.25) is 4.79 Å². The first-order valence-corrected chi connectivity index (χ1v) is 4.72. The third kappa shape index (κ3) is 1.53. The van der Waals surface area contributed by atoms with Crippen molar-refractivity contribution in [3.8, 4) is 0 Å². The summed E-state index contributed by atoms with van der Waals surface area (Å²) in [6.45, 7) is 5.89. The molecule has 0 saturated heterocycles. The third-order valence-corrected chi connectivity index (χ3v) is 2.99. The summed E-state index contributed by atoms with van der Waals surface area (Å²) in [5.41, 5.74) is -1.02. The van der Waals surface area contributed by atoms with Crippen LogP contribution in [0.5, 0.6) is 0 Å². The van der Waals surface area contributed by atoms with Crippen LogP contribution < -0.4 is 0 Å². The van der Waals surface area contributed by atoms with Gasteiger partial charge in [0.05, 0.1) is 0 Å². The Balaban J connectivity index is 2.73. The predicted molar refractivity (Wildman–Crippen MR) is 47.8 cm³/mol. The van der Waals surface area contributed by atoms with Crippen molar-refractivity contribution in [2.24, 2.45) is 11.8 Å². The van der Waals surface area contributed by atoms with Gasteiger partial charge in [0.1, 0.15) is 5.60 Å². The van der Waals surface area contributed by atoms with Gasteiger partial charge in [-0.1, -0.05) is 20.8 Å². The molecule has 0 unspecified atom stereocenters. The van der Waals surface area contributed by atoms with Gasteiger partial charge in [-0.05, 0) is 24.7 Å². The number of carbonyl (C=O) groups excluding carboxylic acids is 1. The summed E-state index contributed by atoms with van der Waals surface area (Å²) in [6, 6.07) is 0. The summed E-state index contributed by atoms with van der Waals surface area (Å²) < 4.78 is 0. The van der Waals surface area contributed by atoms with Crippen LogP contribution in [0.1, 0.15) is 40.0 Å². The Morgan fingerprint density at radius 3 is 2.58 bits per heavy atom. The zero-order chi connectivity index (χ0) is 9.35. The van der Waals surface area contributed by atoms with Gasteiger partial charge >= 0.3 is 0 Å². The molecular formula is C10H18O2. The van der Waals surface area contributed by atoms with Crippen LogP contribution in [0.25, 0.3) is 0 Å². The van der Waals surface area contributed by atoms with Crippen molar-refractivity contribution in [2.45, 2.75) is 45.6 Å². The minimum absolute atomic E-state index is 0.0382. The van der Waals surface area contributed by atoms with Crippen LogP contribution in [0.3, 0.4) is 0 Å². The van der Waals surface area contributed by atoms with Crippen LogP contribution in [0.15, 0.2) is 0 Å². The van der Waals surface area contributed by atoms with E-state index in [4.69, 9.17) is 0 Å². The van der Waals surface area contributed by atoms with Gasteiger partial charge in [0, 0.05) is 6.42 Å². The summed E-state index contributed by atoms with van der Waals surface area (Å²) in [5, 5.41) is 9.99. The van der Waals surface area contributed by atoms with Gasteiger partial charge in [-0.2, -0.15) is 0 Å². The molecule has 0 amide bonds. The molecule has 12 heavy (non-hydrogen) atoms. The smallest absolute Gasteiger partial charge is 0.164 e. The number of carbonyl (C=O) groups is 1. The second kappa shape index (κ2) is 3.17. The standard InChI is InChI=1S/C10H18O2/c1-7(2)10(12)5-4-8(3)6-9(10)11/h7-8,12H,4-6H2,1-3H3/t8-,10+/m1/s1. The van der Waals surface area contributed by atoms with Crippen LogP contribution in [0.2, 0.25) is 0 Å². The van der Waals surface area contributed by atoms with Gasteiger partial charge in [0.2, 0.25) is 0 Å². The molecule has 1 fully saturated rings. The van der Waals surface area contributed by atoms with Crippen molar-refractivity contribution in [1.29, 1.82) is 0 Å². The van der Waals surface area contributed by atoms with Gasteiger partial charge in [-0.15, -0.1) is 0 Å². The van der Waals surface area contributed by atoms with Gasteiger partial charge in [-0.25, -0.2) is 0 Å². The summed E-state index contributed by atoms with van der Waals surface area (Å²) in [7, 11) is 0. The molecule has 2 atom stereocenters. The highest BCUT2D eigenvalue weighted by Crippen LogP contribution is 2.33. The lowest BCUT2D eigenvalue weighted by Crippen LogP contribution is -2.47. The summed E-state index contributed by atoms with van der Waals surface area (Å²) in [6.07, 6.45) is 2.17. The van der Waals surface area contributed by atoms with Crippen molar-refractivity contribution in [3.05, 3.63) is 0 Å². The topological polar surface area (TPSA) is 37.3 Å². The molecule has 1 aliphatic carbocycles. The Hall–Kier alpha value is -0.370. The number of Topliss-reactive ketones (excluding diaryl/α,β-unsaturated/α-hetero) is 1. The Bertz CT molecular complexity index is 186. The van der Waals surface area contributed by atoms with E-state index in [-0.39, 0.29) is 11.7 Å². The Labute approximate surface area is 74.0 Å². The first-order valence-electron chi connectivity index (χ1n) is 4.72. The second-order valence-corrected chi connectivity index (χ2v) is 4.35. The quantitative estimate of drug-likeness (QED) is 0.651. The molecule has 1 N–H and O–H groups in total. The van der Waals surface area contributed by atoms with Crippen LogP contribution in [0, 0.1) is 11.8 Å². The molecule has 0 spiro atoms. The predicted octanol–water partition coefficient (Wildman–Crippen LogP) is 1.76. The maximum atomic E-state index is 11.5. The molecule has 1 saturated carbocycles. The van der Waals surface area contributed by atoms with Gasteiger partial charge < -0.3 is 5.11 Å². The van der Waals surface area contributed by atoms with E-state index < -0.39 is 5.60 Å². The van der Waals surface area contributed by atoms with Crippen molar-refractivity contribution in [1.82, 2.24) is 0 Å². The van der Waals surface area contributed by atoms with Crippen LogP contribution in [0.4, 0.5) is 0 Å². The van der Waals surface area contributed by atoms with E-state index in [2.05, 4.69) is 6.92 Å². The van der Waals surface area contributed by atoms with Crippen LogP contribution in [-0.4, -0.2) is 16.5 Å². The highest BCUT2D eigenvalue weighted by Gasteiger charge is 2.42. The van der Waals surface area contributed by atoms with E-state index in [1.165, 1.54) is 0 Å². The average molecular weight is 170 g/mol. The van der Waals surface area contributed by atoms with E-state index in [1.807, 2.05) is 13.8 Å². The first kappa shape index (κ1) is 9.72. The normalized spacial score (nSPS) is 37.4. The molecule has 1 aliphatic rings. The monoisotopic (exact) mass is 170 g/mol. The highest BCUT2D eigenvalue weighted by atomic mass is 16.3. The minimum atomic E-state index is -1.02. The number of ketones is 1. The average Bonchev–Trinajstić information content (AvgIpc) is 1.97. The molecule has 0 bridgehead atoms. The van der Waals surface area contributed by atoms with Crippen molar-refractivity contribution in [2.75, 3.05) is 0 Å². The highest BCUT2D eigenvalue weighted by molar-refractivity contribution is 5.88. The minimum Gasteiger partial charge on any atom is -0.382 e. The molecule has 0 aromatic heterocycles. The maximum absolute atomic E-state index is 11.5. The zero-order valence-corrected chi connectivity index (χ0v) is 8.13. The number of hydrogen-bond donors (Lipinski definition) is 1. The lowest BCUT2D eigenvalue weighted by Gasteiger charge is -2.36. The SMILES string of the molecule is CC(C)[C@@]1(O)CC[C@@H](C)CC1=O. The fourth-order valence-electron chi connectivity index (χ4n) is 1.81. The second-order valence-electron chi connectivity index (χ2n) is 4.35. The fraction of sp³-hybridized carbons (Fsp3) is 0.900. The van der Waals surface area contributed by atoms with Crippen molar-refractivity contribution >= 4 is 5.78 Å². The number of hydrogen-bond acceptors (Lipinski definition) is 2. The van der Waals surface area contributed by atoms with Gasteiger partial charge in [0.15, 0.2) is 5.78 Å². The molecule has 2 nitrogen and oxygen atoms in total. The van der Waals surface area contributed by atoms with Crippen molar-refractivity contribution in [3.63, 3.8) is 0 Å². The zero-order valence-electron chi connectivity index (χ0n) is 8.13. The lowest BCUT2D eigenvalue weighted by molar-refractivity contribution is -0.148. The molecular weight excluding hydrogens is 152 g/mol. The van der Waals surface area contributed by atoms with Crippen LogP contribution in [-0.2, 0) is 4.79 Å². The first-order chi connectivity index (χ1) is 5.47. The molecule has 0 heterocycles. The van der Waals surface area contributed by atoms with E-state index in [1.54, 1.807) is 0 Å². The number of rotatable bonds is 1. The molecule has 0 aliphatic heterocycles. The largest absolute Gasteiger partial charge is 0.382 e. The van der Waals surface area contributed by atoms with E-state index in [0.29, 0.717) is 18.8 Å². The summed E-state index contributed by atoms with van der Waals surface area (Å²) >= 11 is 0. The van der Waals surface area contributed by atoms with Gasteiger partial charge in [0.25, 0.3) is 0 Å². The van der Waals surface area contributed by atoms with Crippen LogP contribution >= 0.6 is 0 Å². The number of aliphatic hydroxyl groups is 1. The fourth-order valence-corrected chi connectivity index (χ4v) is 1.81. The molecule has 1 rings (SSSR count). The summed E-state index contributed by atoms with van der Waals surface area (Å²) in [4.78, 5) is 11.5. The molecule has 0 radical (unpaired) electrons. The maximum Gasteiger partial charge on any atom is 0.164 e. The van der Waals surface area contributed by atoms with E-state index in [9.17, 15) is 9.90 Å². The molecule has 2 heteroatoms. The summed E-state index contributed by atoms with van der Waals surface area (Å²) in [5.74, 6) is 0.547. The lowest BCUT2D eigenvalue weighted by atomic mass is 9.73. The Morgan fingerprint density at radius 2 is 2.17 bits per heavy atom. The Kier molecular flexibility index (Phi) is 2.57. The van der Waals surface area contributed by atoms with Crippen molar-refractivity contribution < 1.29 is 9.90 Å². The Morgan fingerprint density at radius 1 is 1.58 bits per heavy atom. The molecule has 0 aromatic rings. The molecule has 0 aromatic carbocycles.